The van der Waals surface area contributed by atoms with Crippen molar-refractivity contribution in [2.45, 2.75) is 24.4 Å². The van der Waals surface area contributed by atoms with Crippen LogP contribution in [0.3, 0.4) is 0 Å². The van der Waals surface area contributed by atoms with Gasteiger partial charge >= 0.3 is 176 Å². The molecule has 1 aliphatic heterocycles. The van der Waals surface area contributed by atoms with Crippen LogP contribution in [-0.2, 0) is 14.2 Å². The number of hydrogen-bond acceptors (Lipinski definition) is 9. The number of fused-ring (bicyclic) bond motifs is 1. The van der Waals surface area contributed by atoms with E-state index in [-0.39, 0.29) is 42.8 Å². The predicted molar refractivity (Wildman–Crippen MR) is 184 cm³/mol. The number of esters is 2. The zero-order chi connectivity index (χ0) is 36.4. The van der Waals surface area contributed by atoms with E-state index in [1.165, 1.54) is 48.5 Å². The molecule has 12 nitrogen and oxygen atoms in total. The van der Waals surface area contributed by atoms with Gasteiger partial charge < -0.3 is 14.2 Å². The van der Waals surface area contributed by atoms with Crippen LogP contribution in [0, 0.1) is 0 Å². The molecule has 1 fully saturated rings. The zero-order valence-electron chi connectivity index (χ0n) is 26.8. The van der Waals surface area contributed by atoms with Gasteiger partial charge in [0.2, 0.25) is 0 Å². The summed E-state index contributed by atoms with van der Waals surface area (Å²) in [5, 5.41) is 3.10. The molecule has 7 rings (SSSR count). The van der Waals surface area contributed by atoms with Gasteiger partial charge in [0.1, 0.15) is 12.7 Å². The molecule has 1 N–H and O–H groups in total. The van der Waals surface area contributed by atoms with Crippen LogP contribution in [0.25, 0.3) is 15.3 Å². The van der Waals surface area contributed by atoms with Gasteiger partial charge in [-0.1, -0.05) is 36.4 Å². The fourth-order valence-corrected chi connectivity index (χ4v) is 7.66. The fourth-order valence-electron chi connectivity index (χ4n) is 5.56. The Kier molecular flexibility index (Phi) is 9.47. The molecule has 262 valence electrons. The Morgan fingerprint density at radius 1 is 0.808 bits per heavy atom. The van der Waals surface area contributed by atoms with E-state index in [1.54, 1.807) is 52.1 Å². The van der Waals surface area contributed by atoms with Gasteiger partial charge in [0.15, 0.2) is 6.10 Å². The molecule has 1 saturated heterocycles. The first-order valence-corrected chi connectivity index (χ1v) is 17.4. The van der Waals surface area contributed by atoms with Crippen molar-refractivity contribution in [1.29, 1.82) is 0 Å². The van der Waals surface area contributed by atoms with Crippen molar-refractivity contribution in [3.05, 3.63) is 159 Å². The Bertz CT molecular complexity index is 2400. The molecule has 3 atom stereocenters. The molecule has 3 heterocycles. The van der Waals surface area contributed by atoms with Crippen LogP contribution in [0.5, 0.6) is 0 Å². The van der Waals surface area contributed by atoms with Gasteiger partial charge in [-0.15, -0.1) is 0 Å². The minimum absolute atomic E-state index is 0.00807. The summed E-state index contributed by atoms with van der Waals surface area (Å²) in [6.07, 6.45) is -5.31. The zero-order valence-corrected chi connectivity index (χ0v) is 28.5. The number of hydrogen-bond donors (Lipinski definition) is 1. The van der Waals surface area contributed by atoms with Crippen LogP contribution < -0.4 is 16.6 Å². The van der Waals surface area contributed by atoms with Crippen molar-refractivity contribution in [2.75, 3.05) is 11.9 Å². The van der Waals surface area contributed by atoms with Crippen molar-refractivity contribution < 1.29 is 37.4 Å². The van der Waals surface area contributed by atoms with Crippen LogP contribution in [0.15, 0.2) is 131 Å². The Labute approximate surface area is 298 Å². The second kappa shape index (κ2) is 14.3. The minimum atomic E-state index is -4.01. The molecule has 0 saturated carbocycles. The molecule has 6 aromatic rings. The molecule has 0 bridgehead atoms. The van der Waals surface area contributed by atoms with Gasteiger partial charge in [0.05, 0.1) is 11.1 Å². The number of aromatic nitrogens is 3. The Morgan fingerprint density at radius 2 is 1.44 bits per heavy atom. The van der Waals surface area contributed by atoms with Gasteiger partial charge in [0.25, 0.3) is 0 Å². The maximum atomic E-state index is 16.1. The number of carbonyl (C=O) groups excluding carboxylic acids is 3. The molecule has 0 unspecified atom stereocenters. The molecule has 2 aromatic heterocycles. The summed E-state index contributed by atoms with van der Waals surface area (Å²) >= 11 is -0.263. The molecular formula is C37H26F2N4O8Se. The number of alkyl halides is 2. The summed E-state index contributed by atoms with van der Waals surface area (Å²) in [5.41, 5.74) is -0.392. The first kappa shape index (κ1) is 34.4. The van der Waals surface area contributed by atoms with Crippen molar-refractivity contribution in [1.82, 2.24) is 13.1 Å². The topological polar surface area (TPSA) is 148 Å². The molecule has 0 aliphatic carbocycles. The van der Waals surface area contributed by atoms with Gasteiger partial charge in [0, 0.05) is 0 Å². The molecule has 4 aromatic carbocycles. The van der Waals surface area contributed by atoms with Crippen molar-refractivity contribution in [3.63, 3.8) is 0 Å². The van der Waals surface area contributed by atoms with Crippen LogP contribution >= 0.6 is 0 Å². The quantitative estimate of drug-likeness (QED) is 0.166. The van der Waals surface area contributed by atoms with Crippen LogP contribution in [0.2, 0.25) is 0 Å². The fraction of sp³-hybridized carbons (Fsp3) is 0.135. The number of ether oxygens (including phenoxy) is 3. The maximum absolute atomic E-state index is 16.1. The summed E-state index contributed by atoms with van der Waals surface area (Å²) in [7, 11) is 0. The normalized spacial score (nSPS) is 17.8. The molecule has 0 spiro atoms. The van der Waals surface area contributed by atoms with Crippen molar-refractivity contribution in [3.8, 4) is 5.69 Å². The standard InChI is InChI=1S/C37H26F2N4O8Se/c38-37(39)30(51-34(47)24-11-5-2-6-12-24)27(21-49-33(46)23-9-3-1-4-10-23)50-35(37)42-20-19-29(41-36(42)48)40-31(44)22-15-17-25(18-16-22)43-32(45)26-13-7-8-14-28(26)52-43/h1-20,27,30,35H,21H2,(H,40,41,44,48)/t27-,30-,35-/m0/s1. The second-order valence-electron chi connectivity index (χ2n) is 11.5. The molecule has 1 amide bonds. The van der Waals surface area contributed by atoms with Gasteiger partial charge in [-0.25, -0.2) is 9.59 Å². The number of halogens is 2. The molecule has 1 aliphatic rings. The molecular weight excluding hydrogens is 745 g/mol. The van der Waals surface area contributed by atoms with Crippen molar-refractivity contribution >= 4 is 48.0 Å². The number of nitrogens with one attached hydrogen (secondary N) is 1. The van der Waals surface area contributed by atoms with E-state index in [9.17, 15) is 24.0 Å². The second-order valence-corrected chi connectivity index (χ2v) is 13.6. The molecule has 15 heteroatoms. The van der Waals surface area contributed by atoms with E-state index < -0.39 is 54.5 Å². The monoisotopic (exact) mass is 772 g/mol. The van der Waals surface area contributed by atoms with Crippen LogP contribution in [-0.4, -0.2) is 70.4 Å². The van der Waals surface area contributed by atoms with E-state index in [1.807, 2.05) is 12.1 Å². The van der Waals surface area contributed by atoms with E-state index in [0.29, 0.717) is 15.6 Å². The summed E-state index contributed by atoms with van der Waals surface area (Å²) in [5.74, 6) is -6.79. The summed E-state index contributed by atoms with van der Waals surface area (Å²) in [4.78, 5) is 68.2. The van der Waals surface area contributed by atoms with Gasteiger partial charge in [-0.3, -0.25) is 0 Å². The van der Waals surface area contributed by atoms with E-state index in [4.69, 9.17) is 14.2 Å². The number of benzene rings is 4. The summed E-state index contributed by atoms with van der Waals surface area (Å²) in [6, 6.07) is 30.0. The Balaban J connectivity index is 1.08. The van der Waals surface area contributed by atoms with Crippen LogP contribution in [0.1, 0.15) is 37.3 Å². The average molecular weight is 772 g/mol. The third kappa shape index (κ3) is 6.84. The number of rotatable bonds is 9. The third-order valence-corrected chi connectivity index (χ3v) is 10.5. The Morgan fingerprint density at radius 3 is 2.10 bits per heavy atom. The number of anilines is 1. The average Bonchev–Trinajstić information content (AvgIpc) is 3.63. The molecule has 52 heavy (non-hydrogen) atoms. The first-order chi connectivity index (χ1) is 25.1. The molecule has 0 radical (unpaired) electrons. The third-order valence-electron chi connectivity index (χ3n) is 8.16. The first-order valence-electron chi connectivity index (χ1n) is 15.7. The van der Waals surface area contributed by atoms with Crippen molar-refractivity contribution in [2.24, 2.45) is 0 Å². The summed E-state index contributed by atoms with van der Waals surface area (Å²) < 4.78 is 51.3. The SMILES string of the molecule is O=C(Nc1ccn([C@H]2O[C@@H](COC(=O)c3ccccc3)[C@H](OC(=O)c3ccccc3)C2(F)F)c(=O)n1)c1ccc(-n2[se]c3ccccc3c2=O)cc1. The van der Waals surface area contributed by atoms with Gasteiger partial charge in [-0.05, 0) is 24.3 Å². The van der Waals surface area contributed by atoms with E-state index >= 15 is 8.78 Å². The van der Waals surface area contributed by atoms with E-state index in [2.05, 4.69) is 10.3 Å². The number of carbonyl (C=O) groups is 3. The van der Waals surface area contributed by atoms with E-state index in [0.717, 1.165) is 16.5 Å². The van der Waals surface area contributed by atoms with Crippen LogP contribution in [0.4, 0.5) is 14.6 Å². The predicted octanol–water partition coefficient (Wildman–Crippen LogP) is 4.47. The Hall–Kier alpha value is -6.02. The number of nitrogens with zero attached hydrogens (tertiary/aromatic N) is 3. The number of amides is 1. The summed E-state index contributed by atoms with van der Waals surface area (Å²) in [6.45, 7) is -0.735. The van der Waals surface area contributed by atoms with Gasteiger partial charge in [-0.2, -0.15) is 8.78 Å².